The Hall–Kier alpha value is -2.09. The molecule has 0 unspecified atom stereocenters. The number of pyridine rings is 1. The molecule has 0 saturated heterocycles. The number of aromatic nitrogens is 1. The predicted molar refractivity (Wildman–Crippen MR) is 78.1 cm³/mol. The number of aryl methyl sites for hydroxylation is 1. The summed E-state index contributed by atoms with van der Waals surface area (Å²) in [6, 6.07) is 9.81. The van der Waals surface area contributed by atoms with Crippen molar-refractivity contribution in [3.05, 3.63) is 57.3 Å². The molecule has 1 heterocycles. The third-order valence-corrected chi connectivity index (χ3v) is 3.18. The van der Waals surface area contributed by atoms with Crippen molar-refractivity contribution in [1.82, 2.24) is 4.98 Å². The Kier molecular flexibility index (Phi) is 4.23. The van der Waals surface area contributed by atoms with Crippen LogP contribution in [0.15, 0.2) is 30.3 Å². The molecule has 0 aliphatic rings. The fourth-order valence-corrected chi connectivity index (χ4v) is 1.92. The number of amides is 1. The van der Waals surface area contributed by atoms with Crippen LogP contribution in [0.4, 0.5) is 5.69 Å². The van der Waals surface area contributed by atoms with E-state index in [9.17, 15) is 4.79 Å². The van der Waals surface area contributed by atoms with Gasteiger partial charge >= 0.3 is 0 Å². The molecule has 1 aromatic carbocycles. The van der Waals surface area contributed by atoms with Gasteiger partial charge in [-0.05, 0) is 37.3 Å². The van der Waals surface area contributed by atoms with Gasteiger partial charge in [-0.25, -0.2) is 4.98 Å². The highest BCUT2D eigenvalue weighted by atomic mass is 35.5. The number of hydrogen-bond donors (Lipinski definition) is 1. The van der Waals surface area contributed by atoms with Gasteiger partial charge in [0.25, 0.3) is 5.91 Å². The van der Waals surface area contributed by atoms with Gasteiger partial charge in [0.1, 0.15) is 11.8 Å². The lowest BCUT2D eigenvalue weighted by Crippen LogP contribution is -2.14. The predicted octanol–water partition coefficient (Wildman–Crippen LogP) is 3.82. The molecule has 0 atom stereocenters. The smallest absolute Gasteiger partial charge is 0.274 e. The van der Waals surface area contributed by atoms with E-state index in [0.717, 1.165) is 0 Å². The summed E-state index contributed by atoms with van der Waals surface area (Å²) in [6.07, 6.45) is 0. The lowest BCUT2D eigenvalue weighted by atomic mass is 10.2. The fraction of sp³-hybridized carbons (Fsp3) is 0.0714. The zero-order valence-corrected chi connectivity index (χ0v) is 12.0. The average molecular weight is 306 g/mol. The lowest BCUT2D eigenvalue weighted by Gasteiger charge is -2.08. The van der Waals surface area contributed by atoms with E-state index in [-0.39, 0.29) is 5.69 Å². The maximum Gasteiger partial charge on any atom is 0.274 e. The van der Waals surface area contributed by atoms with Gasteiger partial charge in [-0.1, -0.05) is 23.2 Å². The number of nitrogens with zero attached hydrogens (tertiary/aromatic N) is 2. The van der Waals surface area contributed by atoms with Gasteiger partial charge in [0.15, 0.2) is 0 Å². The highest BCUT2D eigenvalue weighted by molar-refractivity contribution is 6.35. The highest BCUT2D eigenvalue weighted by Crippen LogP contribution is 2.25. The Balaban J connectivity index is 2.26. The standard InChI is InChI=1S/C14H9Cl2N3O/c1-8-9(7-17)2-5-12(18-8)14(20)19-13-6-10(15)3-4-11(13)16/h2-6H,1H3,(H,19,20). The normalized spacial score (nSPS) is 9.90. The maximum absolute atomic E-state index is 12.1. The summed E-state index contributed by atoms with van der Waals surface area (Å²) < 4.78 is 0. The zero-order chi connectivity index (χ0) is 14.7. The molecule has 0 aliphatic carbocycles. The number of benzene rings is 1. The van der Waals surface area contributed by atoms with Crippen molar-refractivity contribution in [2.24, 2.45) is 0 Å². The van der Waals surface area contributed by atoms with Crippen molar-refractivity contribution in [1.29, 1.82) is 5.26 Å². The first-order chi connectivity index (χ1) is 9.51. The third-order valence-electron chi connectivity index (χ3n) is 2.62. The van der Waals surface area contributed by atoms with Crippen LogP contribution in [-0.2, 0) is 0 Å². The lowest BCUT2D eigenvalue weighted by molar-refractivity contribution is 0.102. The van der Waals surface area contributed by atoms with Gasteiger partial charge in [-0.3, -0.25) is 4.79 Å². The van der Waals surface area contributed by atoms with Gasteiger partial charge in [0, 0.05) is 5.02 Å². The van der Waals surface area contributed by atoms with E-state index in [1.807, 2.05) is 6.07 Å². The molecule has 4 nitrogen and oxygen atoms in total. The monoisotopic (exact) mass is 305 g/mol. The van der Waals surface area contributed by atoms with E-state index >= 15 is 0 Å². The first-order valence-electron chi connectivity index (χ1n) is 5.65. The van der Waals surface area contributed by atoms with E-state index in [1.54, 1.807) is 31.2 Å². The van der Waals surface area contributed by atoms with Crippen LogP contribution in [0.1, 0.15) is 21.7 Å². The molecule has 2 rings (SSSR count). The molecule has 1 amide bonds. The maximum atomic E-state index is 12.1. The minimum Gasteiger partial charge on any atom is -0.319 e. The van der Waals surface area contributed by atoms with Crippen LogP contribution >= 0.6 is 23.2 Å². The minimum atomic E-state index is -0.415. The van der Waals surface area contributed by atoms with Crippen molar-refractivity contribution < 1.29 is 4.79 Å². The van der Waals surface area contributed by atoms with Crippen LogP contribution in [0.2, 0.25) is 10.0 Å². The molecular formula is C14H9Cl2N3O. The second-order valence-electron chi connectivity index (χ2n) is 4.02. The third kappa shape index (κ3) is 3.08. The Morgan fingerprint density at radius 3 is 2.70 bits per heavy atom. The Bertz CT molecular complexity index is 723. The number of hydrogen-bond acceptors (Lipinski definition) is 3. The SMILES string of the molecule is Cc1nc(C(=O)Nc2cc(Cl)ccc2Cl)ccc1C#N. The van der Waals surface area contributed by atoms with E-state index in [4.69, 9.17) is 28.5 Å². The van der Waals surface area contributed by atoms with Crippen molar-refractivity contribution in [2.75, 3.05) is 5.32 Å². The molecule has 1 N–H and O–H groups in total. The van der Waals surface area contributed by atoms with Crippen molar-refractivity contribution in [3.8, 4) is 6.07 Å². The number of nitriles is 1. The number of nitrogens with one attached hydrogen (secondary N) is 1. The van der Waals surface area contributed by atoms with E-state index < -0.39 is 5.91 Å². The van der Waals surface area contributed by atoms with Crippen LogP contribution < -0.4 is 5.32 Å². The molecule has 0 bridgehead atoms. The number of carbonyl (C=O) groups is 1. The summed E-state index contributed by atoms with van der Waals surface area (Å²) in [6.45, 7) is 1.67. The Morgan fingerprint density at radius 1 is 1.30 bits per heavy atom. The molecule has 20 heavy (non-hydrogen) atoms. The zero-order valence-electron chi connectivity index (χ0n) is 10.4. The second-order valence-corrected chi connectivity index (χ2v) is 4.86. The fourth-order valence-electron chi connectivity index (χ4n) is 1.59. The van der Waals surface area contributed by atoms with Crippen molar-refractivity contribution in [3.63, 3.8) is 0 Å². The molecule has 0 aliphatic heterocycles. The first kappa shape index (κ1) is 14.3. The number of halogens is 2. The Morgan fingerprint density at radius 2 is 2.05 bits per heavy atom. The largest absolute Gasteiger partial charge is 0.319 e. The molecule has 1 aromatic heterocycles. The van der Waals surface area contributed by atoms with Crippen molar-refractivity contribution in [2.45, 2.75) is 6.92 Å². The van der Waals surface area contributed by atoms with Crippen LogP contribution in [0, 0.1) is 18.3 Å². The van der Waals surface area contributed by atoms with E-state index in [2.05, 4.69) is 10.3 Å². The number of anilines is 1. The van der Waals surface area contributed by atoms with E-state index in [1.165, 1.54) is 6.07 Å². The van der Waals surface area contributed by atoms with Crippen LogP contribution in [0.25, 0.3) is 0 Å². The summed E-state index contributed by atoms with van der Waals surface area (Å²) in [4.78, 5) is 16.2. The van der Waals surface area contributed by atoms with Crippen LogP contribution in [0.5, 0.6) is 0 Å². The van der Waals surface area contributed by atoms with Crippen LogP contribution in [-0.4, -0.2) is 10.9 Å². The van der Waals surface area contributed by atoms with Crippen LogP contribution in [0.3, 0.4) is 0 Å². The van der Waals surface area contributed by atoms with Gasteiger partial charge in [-0.2, -0.15) is 5.26 Å². The second kappa shape index (κ2) is 5.91. The Labute approximate surface area is 126 Å². The molecule has 100 valence electrons. The molecule has 6 heteroatoms. The molecular weight excluding hydrogens is 297 g/mol. The van der Waals surface area contributed by atoms with Crippen molar-refractivity contribution >= 4 is 34.8 Å². The summed E-state index contributed by atoms with van der Waals surface area (Å²) >= 11 is 11.8. The van der Waals surface area contributed by atoms with E-state index in [0.29, 0.717) is 27.0 Å². The molecule has 0 saturated carbocycles. The summed E-state index contributed by atoms with van der Waals surface area (Å²) in [7, 11) is 0. The minimum absolute atomic E-state index is 0.206. The summed E-state index contributed by atoms with van der Waals surface area (Å²) in [5.74, 6) is -0.415. The number of carbonyl (C=O) groups excluding carboxylic acids is 1. The van der Waals surface area contributed by atoms with Gasteiger partial charge < -0.3 is 5.32 Å². The van der Waals surface area contributed by atoms with Gasteiger partial charge in [-0.15, -0.1) is 0 Å². The quantitative estimate of drug-likeness (QED) is 0.917. The average Bonchev–Trinajstić information content (AvgIpc) is 2.42. The highest BCUT2D eigenvalue weighted by Gasteiger charge is 2.11. The first-order valence-corrected chi connectivity index (χ1v) is 6.41. The van der Waals surface area contributed by atoms with Gasteiger partial charge in [0.2, 0.25) is 0 Å². The molecule has 0 radical (unpaired) electrons. The summed E-state index contributed by atoms with van der Waals surface area (Å²) in [5.41, 5.74) is 1.55. The molecule has 0 spiro atoms. The molecule has 2 aromatic rings. The molecule has 0 fully saturated rings. The van der Waals surface area contributed by atoms with Gasteiger partial charge in [0.05, 0.1) is 22.0 Å². The number of rotatable bonds is 2. The topological polar surface area (TPSA) is 65.8 Å². The summed E-state index contributed by atoms with van der Waals surface area (Å²) in [5, 5.41) is 12.3.